The monoisotopic (exact) mass is 477 g/mol. The highest BCUT2D eigenvalue weighted by atomic mass is 16.5. The van der Waals surface area contributed by atoms with Crippen LogP contribution in [0.4, 0.5) is 11.5 Å². The second-order valence-electron chi connectivity index (χ2n) is 8.97. The summed E-state index contributed by atoms with van der Waals surface area (Å²) in [6.45, 7) is 5.96. The maximum Gasteiger partial charge on any atom is 0.220 e. The van der Waals surface area contributed by atoms with E-state index in [0.29, 0.717) is 38.6 Å². The third-order valence-electron chi connectivity index (χ3n) is 6.34. The van der Waals surface area contributed by atoms with E-state index in [2.05, 4.69) is 39.8 Å². The van der Waals surface area contributed by atoms with E-state index in [9.17, 15) is 4.79 Å². The van der Waals surface area contributed by atoms with Gasteiger partial charge in [0.1, 0.15) is 5.52 Å². The van der Waals surface area contributed by atoms with E-state index in [-0.39, 0.29) is 11.9 Å². The summed E-state index contributed by atoms with van der Waals surface area (Å²) in [5.41, 5.74) is 8.69. The molecule has 10 heteroatoms. The number of amides is 1. The first-order valence-corrected chi connectivity index (χ1v) is 12.0. The Morgan fingerprint density at radius 3 is 2.91 bits per heavy atom. The van der Waals surface area contributed by atoms with E-state index in [1.54, 1.807) is 7.11 Å². The lowest BCUT2D eigenvalue weighted by Crippen LogP contribution is -2.36. The molecule has 4 heterocycles. The van der Waals surface area contributed by atoms with Crippen LogP contribution in [-0.4, -0.2) is 72.2 Å². The number of carbonyl (C=O) groups is 1. The highest BCUT2D eigenvalue weighted by molar-refractivity contribution is 6.02. The number of rotatable bonds is 8. The van der Waals surface area contributed by atoms with Crippen molar-refractivity contribution in [2.75, 3.05) is 50.3 Å². The molecule has 10 nitrogen and oxygen atoms in total. The lowest BCUT2D eigenvalue weighted by Gasteiger charge is -2.29. The molecule has 1 aromatic carbocycles. The molecule has 35 heavy (non-hydrogen) atoms. The van der Waals surface area contributed by atoms with Gasteiger partial charge in [-0.15, -0.1) is 0 Å². The molecule has 2 aliphatic heterocycles. The molecule has 0 aliphatic carbocycles. The molecule has 2 aromatic heterocycles. The molecule has 1 amide bonds. The zero-order valence-electron chi connectivity index (χ0n) is 20.2. The fraction of sp³-hybridized carbons (Fsp3) is 0.440. The number of nitrogens with zero attached hydrogens (tertiary/aromatic N) is 5. The number of nitrogens with one attached hydrogen (secondary N) is 2. The molecular formula is C25H31N7O3. The molecule has 2 N–H and O–H groups in total. The van der Waals surface area contributed by atoms with Crippen LogP contribution < -0.4 is 15.6 Å². The Hall–Kier alpha value is -3.50. The van der Waals surface area contributed by atoms with Gasteiger partial charge in [-0.2, -0.15) is 5.10 Å². The predicted octanol–water partition coefficient (Wildman–Crippen LogP) is 2.32. The zero-order chi connectivity index (χ0) is 24.2. The molecule has 1 atom stereocenters. The smallest absolute Gasteiger partial charge is 0.220 e. The SMILES string of the molecule is COC/C(=N\Nc1cc(N2CCOCC2)c2ncn(C[C@@H]3CCC(=O)N3)c2n1)c1cccc(C)c1. The minimum atomic E-state index is 0.0813. The van der Waals surface area contributed by atoms with Crippen molar-refractivity contribution >= 4 is 34.3 Å². The number of fused-ring (bicyclic) bond motifs is 1. The van der Waals surface area contributed by atoms with E-state index in [0.717, 1.165) is 53.2 Å². The Kier molecular flexibility index (Phi) is 6.91. The molecule has 2 aliphatic rings. The van der Waals surface area contributed by atoms with Gasteiger partial charge >= 0.3 is 0 Å². The Morgan fingerprint density at radius 1 is 1.31 bits per heavy atom. The molecule has 3 aromatic rings. The number of hydrogen-bond donors (Lipinski definition) is 2. The molecule has 0 radical (unpaired) electrons. The van der Waals surface area contributed by atoms with Crippen LogP contribution in [0.15, 0.2) is 41.8 Å². The predicted molar refractivity (Wildman–Crippen MR) is 135 cm³/mol. The third kappa shape index (κ3) is 5.28. The van der Waals surface area contributed by atoms with Crippen LogP contribution in [-0.2, 0) is 20.8 Å². The molecule has 0 unspecified atom stereocenters. The Balaban J connectivity index is 1.50. The molecule has 5 rings (SSSR count). The minimum Gasteiger partial charge on any atom is -0.378 e. The summed E-state index contributed by atoms with van der Waals surface area (Å²) >= 11 is 0. The molecule has 0 bridgehead atoms. The maximum absolute atomic E-state index is 11.7. The molecule has 184 valence electrons. The number of morpholine rings is 1. The van der Waals surface area contributed by atoms with E-state index in [4.69, 9.17) is 19.4 Å². The van der Waals surface area contributed by atoms with Crippen molar-refractivity contribution in [2.45, 2.75) is 32.4 Å². The van der Waals surface area contributed by atoms with Crippen molar-refractivity contribution in [2.24, 2.45) is 5.10 Å². The van der Waals surface area contributed by atoms with Crippen LogP contribution >= 0.6 is 0 Å². The summed E-state index contributed by atoms with van der Waals surface area (Å²) in [7, 11) is 1.66. The highest BCUT2D eigenvalue weighted by Crippen LogP contribution is 2.29. The van der Waals surface area contributed by atoms with Crippen LogP contribution in [0.5, 0.6) is 0 Å². The number of benzene rings is 1. The Labute approximate surface area is 204 Å². The average molecular weight is 478 g/mol. The molecule has 0 spiro atoms. The van der Waals surface area contributed by atoms with Crippen molar-refractivity contribution in [3.63, 3.8) is 0 Å². The quantitative estimate of drug-likeness (QED) is 0.379. The number of carbonyl (C=O) groups excluding carboxylic acids is 1. The topological polar surface area (TPSA) is 106 Å². The number of ether oxygens (including phenoxy) is 2. The van der Waals surface area contributed by atoms with Gasteiger partial charge in [0.25, 0.3) is 0 Å². The minimum absolute atomic E-state index is 0.0813. The number of hydrazone groups is 1. The fourth-order valence-corrected chi connectivity index (χ4v) is 4.57. The van der Waals surface area contributed by atoms with Gasteiger partial charge in [-0.05, 0) is 13.3 Å². The summed E-state index contributed by atoms with van der Waals surface area (Å²) < 4.78 is 13.0. The molecule has 0 saturated carbocycles. The maximum atomic E-state index is 11.7. The van der Waals surface area contributed by atoms with E-state index in [1.807, 2.05) is 29.1 Å². The van der Waals surface area contributed by atoms with Crippen LogP contribution in [0.3, 0.4) is 0 Å². The largest absolute Gasteiger partial charge is 0.378 e. The normalized spacial score (nSPS) is 18.8. The summed E-state index contributed by atoms with van der Waals surface area (Å²) in [5, 5.41) is 7.70. The number of methoxy groups -OCH3 is 1. The second-order valence-corrected chi connectivity index (χ2v) is 8.97. The van der Waals surface area contributed by atoms with Gasteiger partial charge in [-0.1, -0.05) is 29.8 Å². The lowest BCUT2D eigenvalue weighted by molar-refractivity contribution is -0.119. The Morgan fingerprint density at radius 2 is 2.17 bits per heavy atom. The second kappa shape index (κ2) is 10.4. The number of pyridine rings is 1. The molecule has 2 fully saturated rings. The summed E-state index contributed by atoms with van der Waals surface area (Å²) in [6, 6.07) is 10.2. The van der Waals surface area contributed by atoms with Crippen LogP contribution in [0.2, 0.25) is 0 Å². The average Bonchev–Trinajstić information content (AvgIpc) is 3.47. The first-order chi connectivity index (χ1) is 17.1. The third-order valence-corrected chi connectivity index (χ3v) is 6.34. The molecule has 2 saturated heterocycles. The van der Waals surface area contributed by atoms with Gasteiger partial charge in [-0.25, -0.2) is 9.97 Å². The van der Waals surface area contributed by atoms with Crippen LogP contribution in [0.25, 0.3) is 11.2 Å². The highest BCUT2D eigenvalue weighted by Gasteiger charge is 2.24. The number of imidazole rings is 1. The van der Waals surface area contributed by atoms with Gasteiger partial charge in [-0.3, -0.25) is 10.2 Å². The Bertz CT molecular complexity index is 1230. The number of aromatic nitrogens is 3. The standard InChI is InChI=1S/C25H31N7O3/c1-17-4-3-5-18(12-17)20(15-34-2)29-30-22-13-21(31-8-10-35-11-9-31)24-25(28-22)32(16-26-24)14-19-6-7-23(33)27-19/h3-5,12-13,16,19H,6-11,14-15H2,1-2H3,(H,27,33)(H,28,30)/b29-20+/t19-/m0/s1. The van der Waals surface area contributed by atoms with Gasteiger partial charge in [0.2, 0.25) is 5.91 Å². The van der Waals surface area contributed by atoms with Crippen molar-refractivity contribution in [1.29, 1.82) is 0 Å². The first kappa shape index (κ1) is 23.3. The van der Waals surface area contributed by atoms with Gasteiger partial charge in [0, 0.05) is 50.8 Å². The lowest BCUT2D eigenvalue weighted by atomic mass is 10.1. The zero-order valence-corrected chi connectivity index (χ0v) is 20.2. The van der Waals surface area contributed by atoms with Crippen molar-refractivity contribution in [3.05, 3.63) is 47.8 Å². The summed E-state index contributed by atoms with van der Waals surface area (Å²) in [6.07, 6.45) is 3.18. The number of hydrogen-bond acceptors (Lipinski definition) is 8. The number of anilines is 2. The number of aryl methyl sites for hydroxylation is 1. The van der Waals surface area contributed by atoms with Crippen molar-refractivity contribution in [3.8, 4) is 0 Å². The van der Waals surface area contributed by atoms with E-state index in [1.165, 1.54) is 0 Å². The van der Waals surface area contributed by atoms with Gasteiger partial charge < -0.3 is 24.3 Å². The summed E-state index contributed by atoms with van der Waals surface area (Å²) in [5.74, 6) is 0.720. The molecular weight excluding hydrogens is 446 g/mol. The summed E-state index contributed by atoms with van der Waals surface area (Å²) in [4.78, 5) is 23.5. The van der Waals surface area contributed by atoms with E-state index >= 15 is 0 Å². The van der Waals surface area contributed by atoms with Crippen molar-refractivity contribution < 1.29 is 14.3 Å². The van der Waals surface area contributed by atoms with Crippen LogP contribution in [0, 0.1) is 6.92 Å². The van der Waals surface area contributed by atoms with Gasteiger partial charge in [0.05, 0.1) is 37.5 Å². The fourth-order valence-electron chi connectivity index (χ4n) is 4.57. The van der Waals surface area contributed by atoms with E-state index < -0.39 is 0 Å². The first-order valence-electron chi connectivity index (χ1n) is 12.0. The van der Waals surface area contributed by atoms with Gasteiger partial charge in [0.15, 0.2) is 11.5 Å². The van der Waals surface area contributed by atoms with Crippen LogP contribution in [0.1, 0.15) is 24.0 Å². The van der Waals surface area contributed by atoms with Crippen molar-refractivity contribution in [1.82, 2.24) is 19.9 Å².